The van der Waals surface area contributed by atoms with Crippen LogP contribution in [0, 0.1) is 13.8 Å². The first-order valence-corrected chi connectivity index (χ1v) is 8.86. The molecular formula is C13H12N4OS3. The Balaban J connectivity index is 1.69. The predicted octanol–water partition coefficient (Wildman–Crippen LogP) is 3.50. The summed E-state index contributed by atoms with van der Waals surface area (Å²) in [6.07, 6.45) is 0. The molecule has 1 N–H and O–H groups in total. The van der Waals surface area contributed by atoms with E-state index in [2.05, 4.69) is 39.6 Å². The fraction of sp³-hybridized carbons (Fsp3) is 0.231. The SMILES string of the molecule is Cc1cc(C)c2nc(NC(=O)CSc3nncs3)sc2c1. The summed E-state index contributed by atoms with van der Waals surface area (Å²) in [5.74, 6) is 0.229. The molecule has 1 aromatic carbocycles. The van der Waals surface area contributed by atoms with Crippen molar-refractivity contribution in [2.24, 2.45) is 0 Å². The monoisotopic (exact) mass is 336 g/mol. The largest absolute Gasteiger partial charge is 0.301 e. The molecule has 0 saturated heterocycles. The van der Waals surface area contributed by atoms with Crippen LogP contribution in [0.3, 0.4) is 0 Å². The highest BCUT2D eigenvalue weighted by Gasteiger charge is 2.11. The van der Waals surface area contributed by atoms with Gasteiger partial charge in [0.2, 0.25) is 5.91 Å². The van der Waals surface area contributed by atoms with Crippen molar-refractivity contribution in [2.45, 2.75) is 18.2 Å². The number of fused-ring (bicyclic) bond motifs is 1. The van der Waals surface area contributed by atoms with Gasteiger partial charge >= 0.3 is 0 Å². The van der Waals surface area contributed by atoms with Gasteiger partial charge in [0.1, 0.15) is 5.51 Å². The molecule has 0 saturated carbocycles. The molecule has 0 atom stereocenters. The molecule has 21 heavy (non-hydrogen) atoms. The summed E-state index contributed by atoms with van der Waals surface area (Å²) in [5.41, 5.74) is 4.94. The van der Waals surface area contributed by atoms with Crippen LogP contribution in [-0.4, -0.2) is 26.8 Å². The smallest absolute Gasteiger partial charge is 0.236 e. The molecule has 1 amide bonds. The van der Waals surface area contributed by atoms with Crippen LogP contribution in [0.15, 0.2) is 22.0 Å². The Morgan fingerprint density at radius 2 is 2.24 bits per heavy atom. The zero-order chi connectivity index (χ0) is 14.8. The summed E-state index contributed by atoms with van der Waals surface area (Å²) >= 11 is 4.30. The number of rotatable bonds is 4. The van der Waals surface area contributed by atoms with E-state index in [0.29, 0.717) is 10.9 Å². The van der Waals surface area contributed by atoms with Crippen LogP contribution in [0.4, 0.5) is 5.13 Å². The highest BCUT2D eigenvalue weighted by atomic mass is 32.2. The van der Waals surface area contributed by atoms with E-state index in [4.69, 9.17) is 0 Å². The topological polar surface area (TPSA) is 67.8 Å². The van der Waals surface area contributed by atoms with Gasteiger partial charge in [-0.2, -0.15) is 0 Å². The maximum atomic E-state index is 11.9. The molecule has 0 aliphatic heterocycles. The Hall–Kier alpha value is -1.51. The Bertz CT molecular complexity index is 782. The first kappa shape index (κ1) is 14.4. The lowest BCUT2D eigenvalue weighted by Gasteiger charge is -1.98. The van der Waals surface area contributed by atoms with Crippen molar-refractivity contribution >= 4 is 55.7 Å². The molecule has 0 spiro atoms. The Morgan fingerprint density at radius 3 is 3.00 bits per heavy atom. The number of carbonyl (C=O) groups is 1. The van der Waals surface area contributed by atoms with Crippen molar-refractivity contribution in [2.75, 3.05) is 11.1 Å². The third-order valence-corrected chi connectivity index (χ3v) is 5.52. The van der Waals surface area contributed by atoms with Gasteiger partial charge in [-0.25, -0.2) is 4.98 Å². The number of thiazole rings is 1. The minimum Gasteiger partial charge on any atom is -0.301 e. The van der Waals surface area contributed by atoms with Gasteiger partial charge in [0, 0.05) is 0 Å². The number of hydrogen-bond donors (Lipinski definition) is 1. The van der Waals surface area contributed by atoms with Crippen LogP contribution in [0.25, 0.3) is 10.2 Å². The molecule has 0 radical (unpaired) electrons. The van der Waals surface area contributed by atoms with Crippen LogP contribution in [0.2, 0.25) is 0 Å². The lowest BCUT2D eigenvalue weighted by molar-refractivity contribution is -0.113. The van der Waals surface area contributed by atoms with Crippen molar-refractivity contribution in [3.63, 3.8) is 0 Å². The Morgan fingerprint density at radius 1 is 1.38 bits per heavy atom. The molecule has 0 fully saturated rings. The summed E-state index contributed by atoms with van der Waals surface area (Å²) in [7, 11) is 0. The number of benzene rings is 1. The van der Waals surface area contributed by atoms with Gasteiger partial charge < -0.3 is 5.32 Å². The van der Waals surface area contributed by atoms with Gasteiger partial charge in [0.15, 0.2) is 9.47 Å². The molecule has 2 heterocycles. The van der Waals surface area contributed by atoms with E-state index in [1.165, 1.54) is 40.0 Å². The van der Waals surface area contributed by atoms with E-state index in [1.807, 2.05) is 6.92 Å². The molecular weight excluding hydrogens is 324 g/mol. The molecule has 8 heteroatoms. The van der Waals surface area contributed by atoms with Crippen LogP contribution in [0.5, 0.6) is 0 Å². The summed E-state index contributed by atoms with van der Waals surface area (Å²) in [4.78, 5) is 16.4. The molecule has 5 nitrogen and oxygen atoms in total. The third-order valence-electron chi connectivity index (χ3n) is 2.74. The maximum absolute atomic E-state index is 11.9. The second-order valence-electron chi connectivity index (χ2n) is 4.49. The Labute approximate surface area is 133 Å². The number of hydrogen-bond acceptors (Lipinski definition) is 7. The fourth-order valence-electron chi connectivity index (χ4n) is 1.93. The second kappa shape index (κ2) is 6.08. The van der Waals surface area contributed by atoms with Gasteiger partial charge in [-0.1, -0.05) is 40.5 Å². The van der Waals surface area contributed by atoms with Crippen molar-refractivity contribution in [3.05, 3.63) is 28.8 Å². The predicted molar refractivity (Wildman–Crippen MR) is 88.4 cm³/mol. The number of anilines is 1. The molecule has 108 valence electrons. The molecule has 3 rings (SSSR count). The van der Waals surface area contributed by atoms with E-state index >= 15 is 0 Å². The summed E-state index contributed by atoms with van der Waals surface area (Å²) in [6, 6.07) is 4.19. The molecule has 0 bridgehead atoms. The van der Waals surface area contributed by atoms with Crippen LogP contribution in [-0.2, 0) is 4.79 Å². The van der Waals surface area contributed by atoms with E-state index < -0.39 is 0 Å². The first-order valence-electron chi connectivity index (χ1n) is 6.18. The minimum absolute atomic E-state index is 0.0800. The van der Waals surface area contributed by atoms with Gasteiger partial charge in [0.25, 0.3) is 0 Å². The van der Waals surface area contributed by atoms with E-state index in [9.17, 15) is 4.79 Å². The number of amides is 1. The standard InChI is InChI=1S/C13H12N4OS3/c1-7-3-8(2)11-9(4-7)21-12(16-11)15-10(18)5-19-13-17-14-6-20-13/h3-4,6H,5H2,1-2H3,(H,15,16,18). The zero-order valence-corrected chi connectivity index (χ0v) is 13.9. The second-order valence-corrected chi connectivity index (χ2v) is 7.58. The lowest BCUT2D eigenvalue weighted by atomic mass is 10.1. The fourth-order valence-corrected chi connectivity index (χ4v) is 4.28. The van der Waals surface area contributed by atoms with Crippen LogP contribution >= 0.6 is 34.4 Å². The molecule has 0 unspecified atom stereocenters. The summed E-state index contributed by atoms with van der Waals surface area (Å²) in [5, 5.41) is 11.1. The average molecular weight is 336 g/mol. The summed E-state index contributed by atoms with van der Waals surface area (Å²) < 4.78 is 1.89. The van der Waals surface area contributed by atoms with E-state index in [1.54, 1.807) is 5.51 Å². The highest BCUT2D eigenvalue weighted by molar-refractivity contribution is 8.01. The highest BCUT2D eigenvalue weighted by Crippen LogP contribution is 2.29. The van der Waals surface area contributed by atoms with Crippen molar-refractivity contribution in [3.8, 4) is 0 Å². The van der Waals surface area contributed by atoms with Gasteiger partial charge in [-0.15, -0.1) is 10.2 Å². The number of aromatic nitrogens is 3. The molecule has 2 aromatic heterocycles. The van der Waals surface area contributed by atoms with E-state index in [-0.39, 0.29) is 5.91 Å². The number of nitrogens with one attached hydrogen (secondary N) is 1. The minimum atomic E-state index is -0.0800. The van der Waals surface area contributed by atoms with Crippen molar-refractivity contribution < 1.29 is 4.79 Å². The van der Waals surface area contributed by atoms with Gasteiger partial charge in [-0.3, -0.25) is 4.79 Å². The maximum Gasteiger partial charge on any atom is 0.236 e. The number of carbonyl (C=O) groups excluding carboxylic acids is 1. The van der Waals surface area contributed by atoms with Gasteiger partial charge in [-0.05, 0) is 31.0 Å². The normalized spacial score (nSPS) is 11.0. The molecule has 0 aliphatic rings. The number of nitrogens with zero attached hydrogens (tertiary/aromatic N) is 3. The van der Waals surface area contributed by atoms with Crippen LogP contribution in [0.1, 0.15) is 11.1 Å². The first-order chi connectivity index (χ1) is 10.1. The van der Waals surface area contributed by atoms with Gasteiger partial charge in [0.05, 0.1) is 16.0 Å². The van der Waals surface area contributed by atoms with E-state index in [0.717, 1.165) is 20.1 Å². The average Bonchev–Trinajstić information content (AvgIpc) is 3.05. The summed E-state index contributed by atoms with van der Waals surface area (Å²) in [6.45, 7) is 4.09. The van der Waals surface area contributed by atoms with Crippen molar-refractivity contribution in [1.29, 1.82) is 0 Å². The number of aryl methyl sites for hydroxylation is 2. The third kappa shape index (κ3) is 3.39. The van der Waals surface area contributed by atoms with Crippen molar-refractivity contribution in [1.82, 2.24) is 15.2 Å². The lowest BCUT2D eigenvalue weighted by Crippen LogP contribution is -2.13. The Kier molecular flexibility index (Phi) is 4.18. The zero-order valence-electron chi connectivity index (χ0n) is 11.4. The molecule has 0 aliphatic carbocycles. The number of thioether (sulfide) groups is 1. The van der Waals surface area contributed by atoms with Crippen LogP contribution < -0.4 is 5.32 Å². The quantitative estimate of drug-likeness (QED) is 0.739. The molecule has 3 aromatic rings.